The van der Waals surface area contributed by atoms with Crippen molar-refractivity contribution < 1.29 is 0 Å². The Kier molecular flexibility index (Phi) is 1.63. The molecule has 2 bridgehead atoms. The summed E-state index contributed by atoms with van der Waals surface area (Å²) in [5.74, 6) is 4.06. The summed E-state index contributed by atoms with van der Waals surface area (Å²) in [4.78, 5) is 0. The maximum atomic E-state index is 2.42. The van der Waals surface area contributed by atoms with Crippen LogP contribution in [0.1, 0.15) is 46.0 Å². The second-order valence-corrected chi connectivity index (χ2v) is 5.49. The molecule has 0 aromatic heterocycles. The lowest BCUT2D eigenvalue weighted by atomic mass is 9.71. The molecule has 0 heterocycles. The summed E-state index contributed by atoms with van der Waals surface area (Å²) in [6.45, 7) is 4.83. The monoisotopic (exact) mass is 176 g/mol. The number of hydrogen-bond acceptors (Lipinski definition) is 0. The van der Waals surface area contributed by atoms with E-state index in [4.69, 9.17) is 0 Å². The number of hydrogen-bond donors (Lipinski definition) is 0. The lowest BCUT2D eigenvalue weighted by Crippen LogP contribution is -2.22. The van der Waals surface area contributed by atoms with Crippen molar-refractivity contribution in [3.63, 3.8) is 0 Å². The van der Waals surface area contributed by atoms with E-state index in [1.807, 2.05) is 5.57 Å². The van der Waals surface area contributed by atoms with Crippen LogP contribution < -0.4 is 0 Å². The van der Waals surface area contributed by atoms with Crippen LogP contribution >= 0.6 is 0 Å². The summed E-state index contributed by atoms with van der Waals surface area (Å²) < 4.78 is 0. The van der Waals surface area contributed by atoms with Gasteiger partial charge in [0.15, 0.2) is 0 Å². The van der Waals surface area contributed by atoms with Gasteiger partial charge in [-0.05, 0) is 62.7 Å². The van der Waals surface area contributed by atoms with Gasteiger partial charge in [-0.2, -0.15) is 0 Å². The Hall–Kier alpha value is -0.260. The van der Waals surface area contributed by atoms with Gasteiger partial charge in [0.2, 0.25) is 0 Å². The van der Waals surface area contributed by atoms with Crippen molar-refractivity contribution in [3.8, 4) is 0 Å². The van der Waals surface area contributed by atoms with Crippen LogP contribution in [0.15, 0.2) is 11.1 Å². The topological polar surface area (TPSA) is 0 Å². The zero-order chi connectivity index (χ0) is 9.00. The van der Waals surface area contributed by atoms with Crippen LogP contribution in [0, 0.1) is 23.7 Å². The highest BCUT2D eigenvalue weighted by Crippen LogP contribution is 2.57. The standard InChI is InChI=1S/C13H20/c1-8-3-6-12-10-4-5-11(7-10)13(12)9(8)2/h8,10-12H,3-7H2,1-2H3. The fraction of sp³-hybridized carbons (Fsp3) is 0.846. The van der Waals surface area contributed by atoms with Crippen molar-refractivity contribution in [1.82, 2.24) is 0 Å². The van der Waals surface area contributed by atoms with Crippen LogP contribution in [0.2, 0.25) is 0 Å². The Morgan fingerprint density at radius 2 is 1.92 bits per heavy atom. The Bertz CT molecular complexity index is 261. The van der Waals surface area contributed by atoms with E-state index in [0.717, 1.165) is 23.7 Å². The van der Waals surface area contributed by atoms with E-state index in [9.17, 15) is 0 Å². The third kappa shape index (κ3) is 0.978. The lowest BCUT2D eigenvalue weighted by Gasteiger charge is -2.34. The van der Waals surface area contributed by atoms with Crippen molar-refractivity contribution in [2.24, 2.45) is 23.7 Å². The molecule has 0 aromatic rings. The molecule has 2 saturated carbocycles. The van der Waals surface area contributed by atoms with Crippen molar-refractivity contribution in [2.45, 2.75) is 46.0 Å². The molecule has 0 saturated heterocycles. The largest absolute Gasteiger partial charge is 0.0707 e. The van der Waals surface area contributed by atoms with Crippen LogP contribution in [0.4, 0.5) is 0 Å². The Morgan fingerprint density at radius 1 is 1.08 bits per heavy atom. The molecule has 0 heteroatoms. The van der Waals surface area contributed by atoms with E-state index in [1.54, 1.807) is 18.4 Å². The zero-order valence-electron chi connectivity index (χ0n) is 8.84. The molecular formula is C13H20. The van der Waals surface area contributed by atoms with Gasteiger partial charge in [-0.1, -0.05) is 18.1 Å². The maximum Gasteiger partial charge on any atom is -0.0169 e. The summed E-state index contributed by atoms with van der Waals surface area (Å²) in [6.07, 6.45) is 7.57. The van der Waals surface area contributed by atoms with Gasteiger partial charge >= 0.3 is 0 Å². The molecule has 0 radical (unpaired) electrons. The van der Waals surface area contributed by atoms with E-state index in [2.05, 4.69) is 13.8 Å². The lowest BCUT2D eigenvalue weighted by molar-refractivity contribution is 0.330. The fourth-order valence-corrected chi connectivity index (χ4v) is 4.16. The highest BCUT2D eigenvalue weighted by atomic mass is 14.5. The van der Waals surface area contributed by atoms with Gasteiger partial charge in [0.05, 0.1) is 0 Å². The first-order valence-corrected chi connectivity index (χ1v) is 5.98. The van der Waals surface area contributed by atoms with Crippen molar-refractivity contribution in [2.75, 3.05) is 0 Å². The van der Waals surface area contributed by atoms with Crippen LogP contribution in [-0.2, 0) is 0 Å². The summed E-state index contributed by atoms with van der Waals surface area (Å²) in [5.41, 5.74) is 3.71. The van der Waals surface area contributed by atoms with Gasteiger partial charge in [0.25, 0.3) is 0 Å². The highest BCUT2D eigenvalue weighted by Gasteiger charge is 2.45. The third-order valence-electron chi connectivity index (χ3n) is 4.99. The van der Waals surface area contributed by atoms with E-state index in [1.165, 1.54) is 19.3 Å². The van der Waals surface area contributed by atoms with Crippen LogP contribution in [-0.4, -0.2) is 0 Å². The van der Waals surface area contributed by atoms with Gasteiger partial charge in [-0.25, -0.2) is 0 Å². The molecule has 3 aliphatic carbocycles. The van der Waals surface area contributed by atoms with Crippen LogP contribution in [0.25, 0.3) is 0 Å². The molecule has 4 atom stereocenters. The molecule has 0 aromatic carbocycles. The summed E-state index contributed by atoms with van der Waals surface area (Å²) in [5, 5.41) is 0. The van der Waals surface area contributed by atoms with E-state index in [-0.39, 0.29) is 0 Å². The first-order chi connectivity index (χ1) is 6.27. The smallest absolute Gasteiger partial charge is 0.0169 e. The number of allylic oxidation sites excluding steroid dienone is 2. The second-order valence-electron chi connectivity index (χ2n) is 5.49. The number of fused-ring (bicyclic) bond motifs is 5. The third-order valence-corrected chi connectivity index (χ3v) is 4.99. The van der Waals surface area contributed by atoms with Crippen LogP contribution in [0.3, 0.4) is 0 Å². The van der Waals surface area contributed by atoms with Gasteiger partial charge in [-0.3, -0.25) is 0 Å². The maximum absolute atomic E-state index is 2.42. The van der Waals surface area contributed by atoms with Gasteiger partial charge in [0.1, 0.15) is 0 Å². The molecule has 0 amide bonds. The minimum absolute atomic E-state index is 0.894. The van der Waals surface area contributed by atoms with Crippen molar-refractivity contribution in [1.29, 1.82) is 0 Å². The zero-order valence-corrected chi connectivity index (χ0v) is 8.84. The molecule has 4 unspecified atom stereocenters. The summed E-state index contributed by atoms with van der Waals surface area (Å²) in [7, 11) is 0. The van der Waals surface area contributed by atoms with Crippen molar-refractivity contribution >= 4 is 0 Å². The van der Waals surface area contributed by atoms with E-state index >= 15 is 0 Å². The molecule has 72 valence electrons. The summed E-state index contributed by atoms with van der Waals surface area (Å²) >= 11 is 0. The van der Waals surface area contributed by atoms with Crippen molar-refractivity contribution in [3.05, 3.63) is 11.1 Å². The van der Waals surface area contributed by atoms with Gasteiger partial charge in [-0.15, -0.1) is 0 Å². The first-order valence-electron chi connectivity index (χ1n) is 5.98. The minimum atomic E-state index is 0.894. The molecule has 3 rings (SSSR count). The average molecular weight is 176 g/mol. The molecule has 0 aliphatic heterocycles. The molecule has 0 N–H and O–H groups in total. The van der Waals surface area contributed by atoms with E-state index in [0.29, 0.717) is 0 Å². The summed E-state index contributed by atoms with van der Waals surface area (Å²) in [6, 6.07) is 0. The number of rotatable bonds is 0. The quantitative estimate of drug-likeness (QED) is 0.493. The second kappa shape index (κ2) is 2.62. The van der Waals surface area contributed by atoms with Gasteiger partial charge in [0, 0.05) is 0 Å². The average Bonchev–Trinajstić information content (AvgIpc) is 2.70. The molecule has 3 aliphatic rings. The predicted octanol–water partition coefficient (Wildman–Crippen LogP) is 3.78. The highest BCUT2D eigenvalue weighted by molar-refractivity contribution is 5.29. The van der Waals surface area contributed by atoms with Gasteiger partial charge < -0.3 is 0 Å². The molecular weight excluding hydrogens is 156 g/mol. The SMILES string of the molecule is CC1=C2C3CCC(C3)C2CCC1C. The Labute approximate surface area is 81.4 Å². The van der Waals surface area contributed by atoms with Crippen LogP contribution in [0.5, 0.6) is 0 Å². The van der Waals surface area contributed by atoms with E-state index < -0.39 is 0 Å². The molecule has 0 nitrogen and oxygen atoms in total. The Morgan fingerprint density at radius 3 is 2.77 bits per heavy atom. The minimum Gasteiger partial charge on any atom is -0.0707 e. The predicted molar refractivity (Wildman–Crippen MR) is 55.4 cm³/mol. The Balaban J connectivity index is 2.03. The first kappa shape index (κ1) is 8.08. The molecule has 0 spiro atoms. The fourth-order valence-electron chi connectivity index (χ4n) is 4.16. The normalized spacial score (nSPS) is 48.5. The molecule has 13 heavy (non-hydrogen) atoms. The molecule has 2 fully saturated rings.